The molecule has 0 saturated carbocycles. The van der Waals surface area contributed by atoms with Gasteiger partial charge in [0, 0.05) is 49.1 Å². The first kappa shape index (κ1) is 16.6. The Bertz CT molecular complexity index is 600. The van der Waals surface area contributed by atoms with Gasteiger partial charge < -0.3 is 15.5 Å². The standard InChI is InChI=1S/C14H11N3O2.Tm/c1-19-13-6-5-11(8-16-13)14(15)10-3-2-4-12(7-10)17-9-18;/h2,4-9H,1H3,(H,17,18);/q-2;. The molecule has 0 aliphatic carbocycles. The summed E-state index contributed by atoms with van der Waals surface area (Å²) in [5.74, 6) is 0.469. The first-order valence-electron chi connectivity index (χ1n) is 5.53. The number of nitrogens with zero attached hydrogens (tertiary/aromatic N) is 2. The van der Waals surface area contributed by atoms with Crippen LogP contribution < -0.4 is 10.1 Å². The molecule has 0 bridgehead atoms. The number of hydrogen-bond donors (Lipinski definition) is 1. The van der Waals surface area contributed by atoms with Crippen LogP contribution in [0, 0.1) is 42.9 Å². The average molecular weight is 422 g/mol. The van der Waals surface area contributed by atoms with E-state index in [4.69, 9.17) is 4.74 Å². The molecule has 1 aromatic carbocycles. The minimum absolute atomic E-state index is 0. The number of nitrogens with one attached hydrogen (secondary N) is 1. The number of benzene rings is 1. The van der Waals surface area contributed by atoms with Crippen molar-refractivity contribution in [3.63, 3.8) is 0 Å². The molecule has 0 unspecified atom stereocenters. The van der Waals surface area contributed by atoms with Crippen LogP contribution in [-0.2, 0) is 4.79 Å². The summed E-state index contributed by atoms with van der Waals surface area (Å²) in [7, 11) is 1.52. The number of amides is 1. The first-order valence-corrected chi connectivity index (χ1v) is 5.53. The summed E-state index contributed by atoms with van der Waals surface area (Å²) >= 11 is 0. The quantitative estimate of drug-likeness (QED) is 0.454. The molecule has 0 atom stereocenters. The van der Waals surface area contributed by atoms with Gasteiger partial charge in [0.05, 0.1) is 7.11 Å². The van der Waals surface area contributed by atoms with Crippen molar-refractivity contribution in [2.24, 2.45) is 0 Å². The molecule has 20 heavy (non-hydrogen) atoms. The fourth-order valence-electron chi connectivity index (χ4n) is 1.56. The number of carbonyl (C=O) groups is 1. The summed E-state index contributed by atoms with van der Waals surface area (Å²) < 4.78 is 4.95. The third-order valence-corrected chi connectivity index (χ3v) is 2.50. The number of pyridine rings is 1. The Labute approximate surface area is 146 Å². The van der Waals surface area contributed by atoms with Crippen LogP contribution in [0.1, 0.15) is 11.1 Å². The number of hydrogen-bond acceptors (Lipinski definition) is 3. The Kier molecular flexibility index (Phi) is 6.61. The molecule has 109 valence electrons. The second kappa shape index (κ2) is 7.97. The number of aromatic nitrogens is 1. The molecule has 0 aliphatic heterocycles. The summed E-state index contributed by atoms with van der Waals surface area (Å²) in [5, 5.41) is 12.6. The van der Waals surface area contributed by atoms with Gasteiger partial charge in [0.1, 0.15) is 0 Å². The zero-order valence-corrected chi connectivity index (χ0v) is 12.3. The van der Waals surface area contributed by atoms with Crippen molar-refractivity contribution >= 4 is 17.8 Å². The van der Waals surface area contributed by atoms with Gasteiger partial charge in [0.25, 0.3) is 0 Å². The van der Waals surface area contributed by atoms with Crippen LogP contribution >= 0.6 is 0 Å². The van der Waals surface area contributed by atoms with Crippen molar-refractivity contribution in [2.75, 3.05) is 12.4 Å². The average Bonchev–Trinajstić information content (AvgIpc) is 2.47. The van der Waals surface area contributed by atoms with E-state index in [-0.39, 0.29) is 42.6 Å². The molecule has 0 fully saturated rings. The van der Waals surface area contributed by atoms with E-state index in [0.29, 0.717) is 29.1 Å². The zero-order valence-electron chi connectivity index (χ0n) is 10.5. The molecule has 1 aromatic heterocycles. The summed E-state index contributed by atoms with van der Waals surface area (Å²) in [6, 6.07) is 11.1. The Balaban J connectivity index is 0.00000200. The van der Waals surface area contributed by atoms with Crippen molar-refractivity contribution < 1.29 is 46.4 Å². The third kappa shape index (κ3) is 4.02. The normalized spacial score (nSPS) is 9.25. The van der Waals surface area contributed by atoms with E-state index >= 15 is 0 Å². The first-order chi connectivity index (χ1) is 9.24. The van der Waals surface area contributed by atoms with Gasteiger partial charge in [-0.3, -0.25) is 4.79 Å². The monoisotopic (exact) mass is 422 g/mol. The van der Waals surface area contributed by atoms with E-state index in [1.807, 2.05) is 0 Å². The van der Waals surface area contributed by atoms with Crippen LogP contribution in [-0.4, -0.2) is 24.2 Å². The van der Waals surface area contributed by atoms with Crippen LogP contribution in [0.4, 0.5) is 5.69 Å². The number of anilines is 1. The van der Waals surface area contributed by atoms with Gasteiger partial charge in [-0.15, -0.1) is 24.3 Å². The maximum Gasteiger partial charge on any atom is 0.212 e. The van der Waals surface area contributed by atoms with Gasteiger partial charge in [0.15, 0.2) is 0 Å². The molecule has 6 heteroatoms. The molecule has 2 aromatic rings. The summed E-state index contributed by atoms with van der Waals surface area (Å²) in [6.07, 6.45) is 2.08. The maximum atomic E-state index is 10.4. The van der Waals surface area contributed by atoms with E-state index in [0.717, 1.165) is 0 Å². The van der Waals surface area contributed by atoms with E-state index in [9.17, 15) is 10.2 Å². The number of methoxy groups -OCH3 is 1. The van der Waals surface area contributed by atoms with Crippen molar-refractivity contribution in [2.45, 2.75) is 0 Å². The smallest absolute Gasteiger partial charge is 0.212 e. The van der Waals surface area contributed by atoms with Crippen LogP contribution in [0.2, 0.25) is 0 Å². The maximum absolute atomic E-state index is 10.4. The molecular weight excluding hydrogens is 411 g/mol. The predicted molar refractivity (Wildman–Crippen MR) is 72.3 cm³/mol. The molecule has 5 nitrogen and oxygen atoms in total. The van der Waals surface area contributed by atoms with Crippen LogP contribution in [0.25, 0.3) is 5.41 Å². The van der Waals surface area contributed by atoms with Crippen LogP contribution in [0.5, 0.6) is 5.88 Å². The molecule has 1 radical (unpaired) electrons. The van der Waals surface area contributed by atoms with E-state index in [1.54, 1.807) is 30.3 Å². The van der Waals surface area contributed by atoms with Gasteiger partial charge in [-0.25, -0.2) is 10.7 Å². The largest absolute Gasteiger partial charge is 0.855 e. The van der Waals surface area contributed by atoms with E-state index < -0.39 is 0 Å². The topological polar surface area (TPSA) is 73.5 Å². The Morgan fingerprint density at radius 3 is 2.85 bits per heavy atom. The fourth-order valence-corrected chi connectivity index (χ4v) is 1.56. The zero-order chi connectivity index (χ0) is 13.7. The van der Waals surface area contributed by atoms with Crippen LogP contribution in [0.3, 0.4) is 0 Å². The molecular formula is C14H11N3O2Tm-2. The van der Waals surface area contributed by atoms with E-state index in [1.165, 1.54) is 13.3 Å². The molecule has 0 spiro atoms. The molecule has 1 amide bonds. The third-order valence-electron chi connectivity index (χ3n) is 2.50. The second-order valence-electron chi connectivity index (χ2n) is 3.69. The SMILES string of the molecule is COc1ccc(C(=[N-])c2[c-]ccc(NC=O)c2)cn1.[Tm]. The molecule has 2 rings (SSSR count). The Hall–Kier alpha value is -1.46. The van der Waals surface area contributed by atoms with E-state index in [2.05, 4.69) is 16.4 Å². The predicted octanol–water partition coefficient (Wildman–Crippen LogP) is 1.87. The molecule has 1 N–H and O–H groups in total. The number of rotatable bonds is 5. The second-order valence-corrected chi connectivity index (χ2v) is 3.69. The van der Waals surface area contributed by atoms with Gasteiger partial charge in [-0.05, 0) is 5.69 Å². The number of carbonyl (C=O) groups excluding carboxylic acids is 1. The van der Waals surface area contributed by atoms with Crippen molar-refractivity contribution in [1.82, 2.24) is 4.98 Å². The van der Waals surface area contributed by atoms with Crippen molar-refractivity contribution in [3.8, 4) is 5.88 Å². The fraction of sp³-hybridized carbons (Fsp3) is 0.0714. The Morgan fingerprint density at radius 2 is 2.25 bits per heavy atom. The molecule has 1 heterocycles. The van der Waals surface area contributed by atoms with Crippen molar-refractivity contribution in [1.29, 1.82) is 0 Å². The minimum Gasteiger partial charge on any atom is -0.855 e. The van der Waals surface area contributed by atoms with Gasteiger partial charge in [-0.2, -0.15) is 5.56 Å². The summed E-state index contributed by atoms with van der Waals surface area (Å²) in [6.45, 7) is 0. The number of ether oxygens (including phenoxy) is 1. The molecule has 0 aliphatic rings. The van der Waals surface area contributed by atoms with Crippen molar-refractivity contribution in [3.05, 3.63) is 59.1 Å². The summed E-state index contributed by atoms with van der Waals surface area (Å²) in [4.78, 5) is 14.4. The van der Waals surface area contributed by atoms with Crippen LogP contribution in [0.15, 0.2) is 36.5 Å². The van der Waals surface area contributed by atoms with Gasteiger partial charge in [0.2, 0.25) is 12.3 Å². The minimum atomic E-state index is 0. The Morgan fingerprint density at radius 1 is 1.45 bits per heavy atom. The van der Waals surface area contributed by atoms with Gasteiger partial charge in [-0.1, -0.05) is 11.6 Å². The summed E-state index contributed by atoms with van der Waals surface area (Å²) in [5.41, 5.74) is 1.63. The van der Waals surface area contributed by atoms with Gasteiger partial charge >= 0.3 is 0 Å². The molecule has 0 saturated heterocycles.